The van der Waals surface area contributed by atoms with Crippen molar-refractivity contribution in [1.29, 1.82) is 0 Å². The van der Waals surface area contributed by atoms with E-state index in [-0.39, 0.29) is 34.7 Å². The third-order valence-corrected chi connectivity index (χ3v) is 5.33. The Kier molecular flexibility index (Phi) is 5.44. The average molecular weight is 348 g/mol. The van der Waals surface area contributed by atoms with Gasteiger partial charge in [-0.1, -0.05) is 11.6 Å². The Morgan fingerprint density at radius 1 is 1.32 bits per heavy atom. The molecule has 0 aliphatic carbocycles. The van der Waals surface area contributed by atoms with Crippen LogP contribution in [0, 0.1) is 0 Å². The number of morpholine rings is 1. The first kappa shape index (κ1) is 17.2. The second kappa shape index (κ2) is 6.95. The lowest BCUT2D eigenvalue weighted by Crippen LogP contribution is -2.40. The summed E-state index contributed by atoms with van der Waals surface area (Å²) < 4.78 is 36.7. The molecule has 1 fully saturated rings. The normalized spacial score (nSPS) is 16.7. The van der Waals surface area contributed by atoms with Crippen molar-refractivity contribution in [2.24, 2.45) is 0 Å². The van der Waals surface area contributed by atoms with Crippen LogP contribution in [0.1, 0.15) is 24.2 Å². The van der Waals surface area contributed by atoms with Crippen LogP contribution < -0.4 is 0 Å². The minimum atomic E-state index is -3.68. The van der Waals surface area contributed by atoms with Gasteiger partial charge in [-0.25, -0.2) is 13.2 Å². The Morgan fingerprint density at radius 3 is 2.55 bits per heavy atom. The van der Waals surface area contributed by atoms with Gasteiger partial charge in [0.1, 0.15) is 0 Å². The number of esters is 1. The summed E-state index contributed by atoms with van der Waals surface area (Å²) in [5.41, 5.74) is 0.0460. The minimum absolute atomic E-state index is 0.0227. The maximum Gasteiger partial charge on any atom is 0.339 e. The molecule has 122 valence electrons. The molecule has 1 heterocycles. The SMILES string of the molecule is CC(C)OC(=O)c1cc(S(=O)(=O)N2CCOCC2)ccc1Cl. The van der Waals surface area contributed by atoms with E-state index >= 15 is 0 Å². The van der Waals surface area contributed by atoms with Crippen molar-refractivity contribution in [2.45, 2.75) is 24.8 Å². The average Bonchev–Trinajstić information content (AvgIpc) is 2.47. The molecule has 0 bridgehead atoms. The maximum absolute atomic E-state index is 12.6. The molecule has 1 aliphatic heterocycles. The first-order chi connectivity index (χ1) is 10.3. The zero-order chi connectivity index (χ0) is 16.3. The zero-order valence-corrected chi connectivity index (χ0v) is 14.0. The first-order valence-corrected chi connectivity index (χ1v) is 8.72. The molecule has 22 heavy (non-hydrogen) atoms. The number of rotatable bonds is 4. The smallest absolute Gasteiger partial charge is 0.339 e. The number of carbonyl (C=O) groups excluding carboxylic acids is 1. The summed E-state index contributed by atoms with van der Waals surface area (Å²) in [6, 6.07) is 4.04. The summed E-state index contributed by atoms with van der Waals surface area (Å²) >= 11 is 5.98. The van der Waals surface area contributed by atoms with Gasteiger partial charge in [0.15, 0.2) is 0 Å². The quantitative estimate of drug-likeness (QED) is 0.778. The van der Waals surface area contributed by atoms with Crippen molar-refractivity contribution in [1.82, 2.24) is 4.31 Å². The predicted octanol–water partition coefficient (Wildman–Crippen LogP) is 1.93. The highest BCUT2D eigenvalue weighted by Crippen LogP contribution is 2.24. The van der Waals surface area contributed by atoms with Crippen molar-refractivity contribution >= 4 is 27.6 Å². The van der Waals surface area contributed by atoms with E-state index in [1.165, 1.54) is 22.5 Å². The van der Waals surface area contributed by atoms with E-state index in [0.717, 1.165) is 0 Å². The Morgan fingerprint density at radius 2 is 1.95 bits per heavy atom. The van der Waals surface area contributed by atoms with E-state index in [2.05, 4.69) is 0 Å². The van der Waals surface area contributed by atoms with Crippen LogP contribution >= 0.6 is 11.6 Å². The van der Waals surface area contributed by atoms with Crippen LogP contribution in [0.25, 0.3) is 0 Å². The van der Waals surface area contributed by atoms with E-state index in [1.54, 1.807) is 13.8 Å². The van der Waals surface area contributed by atoms with Crippen molar-refractivity contribution in [3.05, 3.63) is 28.8 Å². The van der Waals surface area contributed by atoms with Crippen LogP contribution in [0.4, 0.5) is 0 Å². The Balaban J connectivity index is 2.34. The fourth-order valence-electron chi connectivity index (χ4n) is 2.03. The van der Waals surface area contributed by atoms with Crippen molar-refractivity contribution < 1.29 is 22.7 Å². The Labute approximate surface area is 135 Å². The van der Waals surface area contributed by atoms with E-state index in [1.807, 2.05) is 0 Å². The minimum Gasteiger partial charge on any atom is -0.459 e. The maximum atomic E-state index is 12.6. The van der Waals surface area contributed by atoms with Crippen molar-refractivity contribution in [2.75, 3.05) is 26.3 Å². The van der Waals surface area contributed by atoms with Gasteiger partial charge in [-0.15, -0.1) is 0 Å². The molecule has 6 nitrogen and oxygen atoms in total. The summed E-state index contributed by atoms with van der Waals surface area (Å²) in [5, 5.41) is 0.159. The van der Waals surface area contributed by atoms with E-state index in [0.29, 0.717) is 13.2 Å². The summed E-state index contributed by atoms with van der Waals surface area (Å²) in [7, 11) is -3.68. The van der Waals surface area contributed by atoms with Crippen LogP contribution in [0.5, 0.6) is 0 Å². The van der Waals surface area contributed by atoms with Gasteiger partial charge in [-0.05, 0) is 32.0 Å². The van der Waals surface area contributed by atoms with Crippen LogP contribution in [-0.4, -0.2) is 51.1 Å². The van der Waals surface area contributed by atoms with Gasteiger partial charge >= 0.3 is 5.97 Å². The lowest BCUT2D eigenvalue weighted by atomic mass is 10.2. The second-order valence-electron chi connectivity index (χ2n) is 5.11. The molecule has 2 rings (SSSR count). The van der Waals surface area contributed by atoms with Gasteiger partial charge in [-0.3, -0.25) is 0 Å². The van der Waals surface area contributed by atoms with Gasteiger partial charge in [0, 0.05) is 13.1 Å². The first-order valence-electron chi connectivity index (χ1n) is 6.91. The van der Waals surface area contributed by atoms with Crippen LogP contribution in [-0.2, 0) is 19.5 Å². The highest BCUT2D eigenvalue weighted by atomic mass is 35.5. The van der Waals surface area contributed by atoms with Gasteiger partial charge in [-0.2, -0.15) is 4.31 Å². The largest absolute Gasteiger partial charge is 0.459 e. The van der Waals surface area contributed by atoms with E-state index < -0.39 is 16.0 Å². The number of ether oxygens (including phenoxy) is 2. The molecule has 1 aromatic carbocycles. The number of hydrogen-bond acceptors (Lipinski definition) is 5. The lowest BCUT2D eigenvalue weighted by molar-refractivity contribution is 0.0378. The lowest BCUT2D eigenvalue weighted by Gasteiger charge is -2.26. The number of carbonyl (C=O) groups is 1. The Bertz CT molecular complexity index is 653. The molecular weight excluding hydrogens is 330 g/mol. The van der Waals surface area contributed by atoms with E-state index in [4.69, 9.17) is 21.1 Å². The Hall–Kier alpha value is -1.15. The highest BCUT2D eigenvalue weighted by molar-refractivity contribution is 7.89. The van der Waals surface area contributed by atoms with Gasteiger partial charge in [0.05, 0.1) is 34.8 Å². The number of hydrogen-bond donors (Lipinski definition) is 0. The predicted molar refractivity (Wildman–Crippen MR) is 81.6 cm³/mol. The molecule has 0 spiro atoms. The van der Waals surface area contributed by atoms with Crippen LogP contribution in [0.15, 0.2) is 23.1 Å². The molecule has 0 unspecified atom stereocenters. The molecule has 1 saturated heterocycles. The highest BCUT2D eigenvalue weighted by Gasteiger charge is 2.28. The molecule has 1 aromatic rings. The van der Waals surface area contributed by atoms with Crippen molar-refractivity contribution in [3.8, 4) is 0 Å². The third kappa shape index (κ3) is 3.78. The fraction of sp³-hybridized carbons (Fsp3) is 0.500. The number of nitrogens with zero attached hydrogens (tertiary/aromatic N) is 1. The number of benzene rings is 1. The second-order valence-corrected chi connectivity index (χ2v) is 7.46. The number of halogens is 1. The van der Waals surface area contributed by atoms with Crippen molar-refractivity contribution in [3.63, 3.8) is 0 Å². The summed E-state index contributed by atoms with van der Waals surface area (Å²) in [6.07, 6.45) is -0.317. The van der Waals surface area contributed by atoms with E-state index in [9.17, 15) is 13.2 Å². The number of sulfonamides is 1. The summed E-state index contributed by atoms with van der Waals surface area (Å²) in [6.45, 7) is 4.71. The van der Waals surface area contributed by atoms with Gasteiger partial charge < -0.3 is 9.47 Å². The molecule has 8 heteroatoms. The van der Waals surface area contributed by atoms with Crippen LogP contribution in [0.3, 0.4) is 0 Å². The zero-order valence-electron chi connectivity index (χ0n) is 12.4. The molecule has 0 aromatic heterocycles. The monoisotopic (exact) mass is 347 g/mol. The molecule has 0 N–H and O–H groups in total. The summed E-state index contributed by atoms with van der Waals surface area (Å²) in [5.74, 6) is -0.640. The van der Waals surface area contributed by atoms with Crippen LogP contribution in [0.2, 0.25) is 5.02 Å². The standard InChI is InChI=1S/C14H18ClNO5S/c1-10(2)21-14(17)12-9-11(3-4-13(12)15)22(18,19)16-5-7-20-8-6-16/h3-4,9-10H,5-8H2,1-2H3. The van der Waals surface area contributed by atoms with Gasteiger partial charge in [0.25, 0.3) is 0 Å². The molecule has 0 amide bonds. The topological polar surface area (TPSA) is 72.9 Å². The fourth-order valence-corrected chi connectivity index (χ4v) is 3.66. The molecule has 0 atom stereocenters. The summed E-state index contributed by atoms with van der Waals surface area (Å²) in [4.78, 5) is 12.0. The molecule has 1 aliphatic rings. The molecule has 0 radical (unpaired) electrons. The van der Waals surface area contributed by atoms with Gasteiger partial charge in [0.2, 0.25) is 10.0 Å². The molecule has 0 saturated carbocycles. The third-order valence-electron chi connectivity index (χ3n) is 3.11. The molecular formula is C14H18ClNO5S.